The third-order valence-electron chi connectivity index (χ3n) is 2.57. The zero-order valence-corrected chi connectivity index (χ0v) is 8.85. The maximum Gasteiger partial charge on any atom is 0.251 e. The highest BCUT2D eigenvalue weighted by atomic mass is 35.5. The van der Waals surface area contributed by atoms with Crippen molar-refractivity contribution in [2.75, 3.05) is 5.88 Å². The van der Waals surface area contributed by atoms with E-state index in [4.69, 9.17) is 11.6 Å². The summed E-state index contributed by atoms with van der Waals surface area (Å²) in [6.07, 6.45) is 1.80. The van der Waals surface area contributed by atoms with Crippen LogP contribution in [0.3, 0.4) is 0 Å². The zero-order valence-electron chi connectivity index (χ0n) is 8.09. The number of hydrogen-bond donors (Lipinski definition) is 1. The Morgan fingerprint density at radius 1 is 1.53 bits per heavy atom. The molecule has 1 aromatic carbocycles. The third kappa shape index (κ3) is 2.29. The van der Waals surface area contributed by atoms with Gasteiger partial charge in [0, 0.05) is 11.4 Å². The molecule has 1 amide bonds. The molecule has 0 bridgehead atoms. The van der Waals surface area contributed by atoms with Crippen LogP contribution in [0.5, 0.6) is 0 Å². The smallest absolute Gasteiger partial charge is 0.251 e. The van der Waals surface area contributed by atoms with E-state index in [1.165, 1.54) is 18.2 Å². The maximum atomic E-state index is 12.9. The first-order valence-corrected chi connectivity index (χ1v) is 5.33. The van der Waals surface area contributed by atoms with Crippen LogP contribution in [0, 0.1) is 5.82 Å². The standard InChI is InChI=1S/C11H11ClFNO/c12-7-11(4-5-11)14-10(15)8-2-1-3-9(13)6-8/h1-3,6H,4-5,7H2,(H,14,15). The highest BCUT2D eigenvalue weighted by molar-refractivity contribution is 6.19. The molecule has 0 atom stereocenters. The molecular weight excluding hydrogens is 217 g/mol. The van der Waals surface area contributed by atoms with Crippen LogP contribution in [0.2, 0.25) is 0 Å². The summed E-state index contributed by atoms with van der Waals surface area (Å²) >= 11 is 5.73. The fourth-order valence-electron chi connectivity index (χ4n) is 1.39. The van der Waals surface area contributed by atoms with E-state index in [1.807, 2.05) is 0 Å². The normalized spacial score (nSPS) is 17.2. The van der Waals surface area contributed by atoms with E-state index < -0.39 is 5.82 Å². The molecular formula is C11H11ClFNO. The minimum absolute atomic E-state index is 0.245. The Balaban J connectivity index is 2.08. The predicted octanol–water partition coefficient (Wildman–Crippen LogP) is 2.33. The second-order valence-electron chi connectivity index (χ2n) is 3.88. The molecule has 2 rings (SSSR count). The SMILES string of the molecule is O=C(NC1(CCl)CC1)c1cccc(F)c1. The molecule has 80 valence electrons. The number of alkyl halides is 1. The molecule has 0 saturated heterocycles. The van der Waals surface area contributed by atoms with Crippen LogP contribution in [-0.4, -0.2) is 17.3 Å². The van der Waals surface area contributed by atoms with Crippen LogP contribution in [0.1, 0.15) is 23.2 Å². The van der Waals surface area contributed by atoms with Gasteiger partial charge in [0.05, 0.1) is 5.54 Å². The molecule has 15 heavy (non-hydrogen) atoms. The van der Waals surface area contributed by atoms with Gasteiger partial charge < -0.3 is 5.32 Å². The summed E-state index contributed by atoms with van der Waals surface area (Å²) in [7, 11) is 0. The van der Waals surface area contributed by atoms with E-state index in [2.05, 4.69) is 5.32 Å². The molecule has 2 nitrogen and oxygen atoms in total. The molecule has 1 aliphatic rings. The summed E-state index contributed by atoms with van der Waals surface area (Å²) in [5.74, 6) is -0.250. The van der Waals surface area contributed by atoms with Crippen molar-refractivity contribution in [2.45, 2.75) is 18.4 Å². The minimum atomic E-state index is -0.404. The van der Waals surface area contributed by atoms with Gasteiger partial charge in [-0.3, -0.25) is 4.79 Å². The first kappa shape index (κ1) is 10.4. The van der Waals surface area contributed by atoms with Gasteiger partial charge in [-0.1, -0.05) is 6.07 Å². The second kappa shape index (κ2) is 3.81. The molecule has 0 spiro atoms. The van der Waals surface area contributed by atoms with E-state index in [0.29, 0.717) is 11.4 Å². The van der Waals surface area contributed by atoms with Crippen LogP contribution >= 0.6 is 11.6 Å². The monoisotopic (exact) mass is 227 g/mol. The minimum Gasteiger partial charge on any atom is -0.345 e. The summed E-state index contributed by atoms with van der Waals surface area (Å²) in [4.78, 5) is 11.7. The summed E-state index contributed by atoms with van der Waals surface area (Å²) in [5, 5.41) is 2.82. The van der Waals surface area contributed by atoms with E-state index in [0.717, 1.165) is 12.8 Å². The van der Waals surface area contributed by atoms with E-state index in [-0.39, 0.29) is 11.4 Å². The molecule has 0 aliphatic heterocycles. The zero-order chi connectivity index (χ0) is 10.9. The number of amides is 1. The molecule has 0 radical (unpaired) electrons. The maximum absolute atomic E-state index is 12.9. The lowest BCUT2D eigenvalue weighted by molar-refractivity contribution is 0.0935. The van der Waals surface area contributed by atoms with Gasteiger partial charge in [0.25, 0.3) is 5.91 Å². The Morgan fingerprint density at radius 3 is 2.80 bits per heavy atom. The van der Waals surface area contributed by atoms with Crippen molar-refractivity contribution in [3.05, 3.63) is 35.6 Å². The van der Waals surface area contributed by atoms with Crippen molar-refractivity contribution >= 4 is 17.5 Å². The average Bonchev–Trinajstić information content (AvgIpc) is 2.98. The van der Waals surface area contributed by atoms with Crippen molar-refractivity contribution in [2.24, 2.45) is 0 Å². The molecule has 1 aromatic rings. The molecule has 1 N–H and O–H groups in total. The van der Waals surface area contributed by atoms with Gasteiger partial charge in [-0.2, -0.15) is 0 Å². The van der Waals surface area contributed by atoms with Crippen LogP contribution in [0.4, 0.5) is 4.39 Å². The van der Waals surface area contributed by atoms with Crippen molar-refractivity contribution in [1.29, 1.82) is 0 Å². The summed E-state index contributed by atoms with van der Waals surface area (Å²) < 4.78 is 12.9. The van der Waals surface area contributed by atoms with Gasteiger partial charge >= 0.3 is 0 Å². The summed E-state index contributed by atoms with van der Waals surface area (Å²) in [6, 6.07) is 5.64. The number of halogens is 2. The number of rotatable bonds is 3. The molecule has 1 aliphatic carbocycles. The van der Waals surface area contributed by atoms with Gasteiger partial charge in [-0.05, 0) is 31.0 Å². The molecule has 1 fully saturated rings. The van der Waals surface area contributed by atoms with Crippen molar-refractivity contribution in [3.63, 3.8) is 0 Å². The van der Waals surface area contributed by atoms with E-state index in [1.54, 1.807) is 6.07 Å². The Hall–Kier alpha value is -1.09. The highest BCUT2D eigenvalue weighted by Gasteiger charge is 2.43. The first-order valence-electron chi connectivity index (χ1n) is 4.79. The molecule has 0 aromatic heterocycles. The van der Waals surface area contributed by atoms with Crippen molar-refractivity contribution in [3.8, 4) is 0 Å². The third-order valence-corrected chi connectivity index (χ3v) is 3.09. The molecule has 0 heterocycles. The predicted molar refractivity (Wildman–Crippen MR) is 56.6 cm³/mol. The Kier molecular flexibility index (Phi) is 2.65. The van der Waals surface area contributed by atoms with Crippen LogP contribution in [0.25, 0.3) is 0 Å². The van der Waals surface area contributed by atoms with Gasteiger partial charge in [-0.15, -0.1) is 11.6 Å². The van der Waals surface area contributed by atoms with Crippen molar-refractivity contribution in [1.82, 2.24) is 5.32 Å². The summed E-state index contributed by atoms with van der Waals surface area (Å²) in [5.41, 5.74) is 0.0942. The quantitative estimate of drug-likeness (QED) is 0.789. The van der Waals surface area contributed by atoms with Crippen LogP contribution in [0.15, 0.2) is 24.3 Å². The Morgan fingerprint density at radius 2 is 2.27 bits per heavy atom. The molecule has 4 heteroatoms. The fourth-order valence-corrected chi connectivity index (χ4v) is 1.72. The van der Waals surface area contributed by atoms with Crippen molar-refractivity contribution < 1.29 is 9.18 Å². The largest absolute Gasteiger partial charge is 0.345 e. The number of carbonyl (C=O) groups excluding carboxylic acids is 1. The number of hydrogen-bond acceptors (Lipinski definition) is 1. The Bertz CT molecular complexity index is 390. The van der Waals surface area contributed by atoms with E-state index in [9.17, 15) is 9.18 Å². The second-order valence-corrected chi connectivity index (χ2v) is 4.15. The van der Waals surface area contributed by atoms with Gasteiger partial charge in [0.1, 0.15) is 5.82 Å². The highest BCUT2D eigenvalue weighted by Crippen LogP contribution is 2.36. The number of carbonyl (C=O) groups is 1. The van der Waals surface area contributed by atoms with Crippen LogP contribution in [-0.2, 0) is 0 Å². The fraction of sp³-hybridized carbons (Fsp3) is 0.364. The van der Waals surface area contributed by atoms with Gasteiger partial charge in [-0.25, -0.2) is 4.39 Å². The van der Waals surface area contributed by atoms with Crippen LogP contribution < -0.4 is 5.32 Å². The van der Waals surface area contributed by atoms with E-state index >= 15 is 0 Å². The number of benzene rings is 1. The van der Waals surface area contributed by atoms with Gasteiger partial charge in [0.15, 0.2) is 0 Å². The lowest BCUT2D eigenvalue weighted by Crippen LogP contribution is -2.38. The first-order chi connectivity index (χ1) is 7.15. The average molecular weight is 228 g/mol. The lowest BCUT2D eigenvalue weighted by Gasteiger charge is -2.13. The lowest BCUT2D eigenvalue weighted by atomic mass is 10.2. The Labute approximate surface area is 92.4 Å². The molecule has 1 saturated carbocycles. The topological polar surface area (TPSA) is 29.1 Å². The molecule has 0 unspecified atom stereocenters. The van der Waals surface area contributed by atoms with Gasteiger partial charge in [0.2, 0.25) is 0 Å². The number of nitrogens with one attached hydrogen (secondary N) is 1. The summed E-state index contributed by atoms with van der Waals surface area (Å²) in [6.45, 7) is 0.